The monoisotopic (exact) mass is 426 g/mol. The van der Waals surface area contributed by atoms with Crippen LogP contribution < -0.4 is 11.1 Å². The van der Waals surface area contributed by atoms with Crippen LogP contribution in [0.3, 0.4) is 0 Å². The molecule has 1 aromatic carbocycles. The molecule has 1 saturated heterocycles. The highest BCUT2D eigenvalue weighted by atomic mass is 16.5. The number of nitrogens with zero attached hydrogens (tertiary/aromatic N) is 2. The van der Waals surface area contributed by atoms with Gasteiger partial charge in [0.1, 0.15) is 5.76 Å². The molecule has 0 spiro atoms. The van der Waals surface area contributed by atoms with E-state index >= 15 is 0 Å². The van der Waals surface area contributed by atoms with E-state index in [1.165, 1.54) is 18.4 Å². The summed E-state index contributed by atoms with van der Waals surface area (Å²) in [5.41, 5.74) is 6.69. The highest BCUT2D eigenvalue weighted by Crippen LogP contribution is 2.40. The fraction of sp³-hybridized carbons (Fsp3) is 0.542. The van der Waals surface area contributed by atoms with Crippen molar-refractivity contribution in [3.8, 4) is 0 Å². The topological polar surface area (TPSA) is 101 Å². The second kappa shape index (κ2) is 11.6. The standard InChI is InChI=1S/C20H23N3O3.C4H11N/c24-13-23-9-8-16(11-17(23)10-14-4-2-1-3-5-14)21-20(25)18-12-19(26-22-18)15-6-7-15;1-2-3-4-5/h1-5,12-13,15-17H,6-11H2,(H,21,25);2-5H2,1H3. The van der Waals surface area contributed by atoms with Crippen LogP contribution in [0, 0.1) is 0 Å². The summed E-state index contributed by atoms with van der Waals surface area (Å²) >= 11 is 0. The first-order chi connectivity index (χ1) is 15.1. The molecule has 168 valence electrons. The number of piperidine rings is 1. The molecule has 1 aliphatic heterocycles. The van der Waals surface area contributed by atoms with Crippen molar-refractivity contribution < 1.29 is 14.1 Å². The molecular weight excluding hydrogens is 392 g/mol. The summed E-state index contributed by atoms with van der Waals surface area (Å²) in [7, 11) is 0. The fourth-order valence-corrected chi connectivity index (χ4v) is 3.85. The number of hydrogen-bond donors (Lipinski definition) is 2. The summed E-state index contributed by atoms with van der Waals surface area (Å²) in [6.45, 7) is 3.63. The number of benzene rings is 1. The van der Waals surface area contributed by atoms with Gasteiger partial charge in [-0.1, -0.05) is 48.8 Å². The van der Waals surface area contributed by atoms with E-state index in [1.807, 2.05) is 23.1 Å². The van der Waals surface area contributed by atoms with Gasteiger partial charge < -0.3 is 20.5 Å². The lowest BCUT2D eigenvalue weighted by molar-refractivity contribution is -0.121. The van der Waals surface area contributed by atoms with Crippen molar-refractivity contribution in [1.29, 1.82) is 0 Å². The number of aromatic nitrogens is 1. The zero-order valence-corrected chi connectivity index (χ0v) is 18.3. The Labute approximate surface area is 184 Å². The number of carbonyl (C=O) groups is 2. The number of rotatable bonds is 8. The van der Waals surface area contributed by atoms with Crippen LogP contribution >= 0.6 is 0 Å². The maximum Gasteiger partial charge on any atom is 0.273 e. The van der Waals surface area contributed by atoms with Gasteiger partial charge >= 0.3 is 0 Å². The average molecular weight is 427 g/mol. The normalized spacial score (nSPS) is 20.5. The van der Waals surface area contributed by atoms with Crippen molar-refractivity contribution in [1.82, 2.24) is 15.4 Å². The minimum absolute atomic E-state index is 0.0356. The quantitative estimate of drug-likeness (QED) is 0.631. The van der Waals surface area contributed by atoms with Gasteiger partial charge in [-0.25, -0.2) is 0 Å². The van der Waals surface area contributed by atoms with Crippen molar-refractivity contribution in [3.63, 3.8) is 0 Å². The fourth-order valence-electron chi connectivity index (χ4n) is 3.85. The van der Waals surface area contributed by atoms with Crippen LogP contribution in [0.25, 0.3) is 0 Å². The Hall–Kier alpha value is -2.67. The molecule has 1 saturated carbocycles. The van der Waals surface area contributed by atoms with Crippen molar-refractivity contribution in [2.75, 3.05) is 13.1 Å². The Balaban J connectivity index is 0.000000491. The lowest BCUT2D eigenvalue weighted by Gasteiger charge is -2.37. The highest BCUT2D eigenvalue weighted by Gasteiger charge is 2.31. The van der Waals surface area contributed by atoms with Crippen LogP contribution in [-0.4, -0.2) is 47.5 Å². The first-order valence-corrected chi connectivity index (χ1v) is 11.4. The molecule has 2 aromatic rings. The van der Waals surface area contributed by atoms with Gasteiger partial charge in [-0.05, 0) is 50.6 Å². The summed E-state index contributed by atoms with van der Waals surface area (Å²) in [4.78, 5) is 25.7. The van der Waals surface area contributed by atoms with Crippen molar-refractivity contribution >= 4 is 12.3 Å². The number of unbranched alkanes of at least 4 members (excludes halogenated alkanes) is 1. The van der Waals surface area contributed by atoms with Crippen LogP contribution in [0.2, 0.25) is 0 Å². The van der Waals surface area contributed by atoms with Crippen LogP contribution in [0.4, 0.5) is 0 Å². The molecule has 2 unspecified atom stereocenters. The molecule has 0 bridgehead atoms. The molecule has 2 amide bonds. The van der Waals surface area contributed by atoms with Gasteiger partial charge in [0.15, 0.2) is 5.69 Å². The first kappa shape index (κ1) is 23.0. The summed E-state index contributed by atoms with van der Waals surface area (Å²) in [6.07, 6.45) is 7.82. The van der Waals surface area contributed by atoms with E-state index in [4.69, 9.17) is 10.3 Å². The van der Waals surface area contributed by atoms with Crippen molar-refractivity contribution in [2.24, 2.45) is 5.73 Å². The lowest BCUT2D eigenvalue weighted by Crippen LogP contribution is -2.50. The summed E-state index contributed by atoms with van der Waals surface area (Å²) in [5, 5.41) is 6.97. The SMILES string of the molecule is CCCCN.O=CN1CCC(NC(=O)c2cc(C3CC3)on2)CC1Cc1ccccc1. The maximum atomic E-state index is 12.5. The molecule has 2 fully saturated rings. The van der Waals surface area contributed by atoms with Gasteiger partial charge in [-0.3, -0.25) is 9.59 Å². The van der Waals surface area contributed by atoms with Gasteiger partial charge in [0.25, 0.3) is 5.91 Å². The Morgan fingerprint density at radius 1 is 1.29 bits per heavy atom. The van der Waals surface area contributed by atoms with Gasteiger partial charge in [0.2, 0.25) is 6.41 Å². The molecule has 31 heavy (non-hydrogen) atoms. The molecule has 4 rings (SSSR count). The maximum absolute atomic E-state index is 12.5. The van der Waals surface area contributed by atoms with E-state index in [2.05, 4.69) is 29.5 Å². The second-order valence-corrected chi connectivity index (χ2v) is 8.41. The number of hydrogen-bond acceptors (Lipinski definition) is 5. The molecular formula is C24H34N4O3. The molecule has 1 aromatic heterocycles. The van der Waals surface area contributed by atoms with E-state index in [9.17, 15) is 9.59 Å². The van der Waals surface area contributed by atoms with Gasteiger partial charge in [-0.15, -0.1) is 0 Å². The predicted molar refractivity (Wildman–Crippen MR) is 120 cm³/mol. The smallest absolute Gasteiger partial charge is 0.273 e. The van der Waals surface area contributed by atoms with E-state index in [1.54, 1.807) is 6.07 Å². The van der Waals surface area contributed by atoms with Crippen LogP contribution in [0.1, 0.15) is 73.2 Å². The Bertz CT molecular complexity index is 817. The lowest BCUT2D eigenvalue weighted by atomic mass is 9.92. The van der Waals surface area contributed by atoms with Gasteiger partial charge in [0.05, 0.1) is 0 Å². The predicted octanol–water partition coefficient (Wildman–Crippen LogP) is 3.26. The molecule has 0 radical (unpaired) electrons. The van der Waals surface area contributed by atoms with E-state index in [0.717, 1.165) is 50.8 Å². The number of nitrogens with one attached hydrogen (secondary N) is 1. The molecule has 2 heterocycles. The minimum atomic E-state index is -0.191. The van der Waals surface area contributed by atoms with E-state index in [-0.39, 0.29) is 18.0 Å². The largest absolute Gasteiger partial charge is 0.360 e. The number of nitrogens with two attached hydrogens (primary N) is 1. The summed E-state index contributed by atoms with van der Waals surface area (Å²) in [6, 6.07) is 12.0. The van der Waals surface area contributed by atoms with Gasteiger partial charge in [0, 0.05) is 30.6 Å². The Morgan fingerprint density at radius 2 is 2.06 bits per heavy atom. The highest BCUT2D eigenvalue weighted by molar-refractivity contribution is 5.92. The molecule has 2 aliphatic rings. The third kappa shape index (κ3) is 6.92. The molecule has 3 N–H and O–H groups in total. The Kier molecular flexibility index (Phi) is 8.64. The van der Waals surface area contributed by atoms with Crippen LogP contribution in [0.5, 0.6) is 0 Å². The van der Waals surface area contributed by atoms with Crippen molar-refractivity contribution in [2.45, 2.75) is 69.9 Å². The number of likely N-dealkylation sites (tertiary alicyclic amines) is 1. The summed E-state index contributed by atoms with van der Waals surface area (Å²) < 4.78 is 5.27. The van der Waals surface area contributed by atoms with Crippen LogP contribution in [-0.2, 0) is 11.2 Å². The Morgan fingerprint density at radius 3 is 2.68 bits per heavy atom. The number of carbonyl (C=O) groups excluding carboxylic acids is 2. The van der Waals surface area contributed by atoms with E-state index in [0.29, 0.717) is 18.2 Å². The molecule has 7 nitrogen and oxygen atoms in total. The summed E-state index contributed by atoms with van der Waals surface area (Å²) in [5.74, 6) is 1.06. The number of amides is 2. The second-order valence-electron chi connectivity index (χ2n) is 8.41. The minimum Gasteiger partial charge on any atom is -0.360 e. The first-order valence-electron chi connectivity index (χ1n) is 11.4. The zero-order chi connectivity index (χ0) is 22.1. The zero-order valence-electron chi connectivity index (χ0n) is 18.3. The third-order valence-corrected chi connectivity index (χ3v) is 5.84. The molecule has 7 heteroatoms. The van der Waals surface area contributed by atoms with Crippen molar-refractivity contribution in [3.05, 3.63) is 53.4 Å². The van der Waals surface area contributed by atoms with Crippen LogP contribution in [0.15, 0.2) is 40.9 Å². The van der Waals surface area contributed by atoms with E-state index < -0.39 is 0 Å². The third-order valence-electron chi connectivity index (χ3n) is 5.84. The molecule has 2 atom stereocenters. The molecule has 1 aliphatic carbocycles. The average Bonchev–Trinajstić information content (AvgIpc) is 3.52. The van der Waals surface area contributed by atoms with Gasteiger partial charge in [-0.2, -0.15) is 0 Å².